The zero-order valence-electron chi connectivity index (χ0n) is 9.65. The van der Waals surface area contributed by atoms with Crippen LogP contribution >= 0.6 is 15.9 Å². The fraction of sp³-hybridized carbons (Fsp3) is 0.0714. The van der Waals surface area contributed by atoms with E-state index in [9.17, 15) is 0 Å². The van der Waals surface area contributed by atoms with Gasteiger partial charge in [-0.3, -0.25) is 0 Å². The lowest BCUT2D eigenvalue weighted by Gasteiger charge is -2.11. The molecule has 0 aromatic heterocycles. The van der Waals surface area contributed by atoms with Gasteiger partial charge in [-0.25, -0.2) is 0 Å². The van der Waals surface area contributed by atoms with E-state index in [1.807, 2.05) is 36.4 Å². The maximum Gasteiger partial charge on any atom is 0.101 e. The largest absolute Gasteiger partial charge is 0.396 e. The van der Waals surface area contributed by atoms with E-state index in [0.29, 0.717) is 17.8 Å². The number of hydrogen-bond donors (Lipinski definition) is 2. The van der Waals surface area contributed by atoms with Crippen molar-refractivity contribution in [2.24, 2.45) is 0 Å². The van der Waals surface area contributed by atoms with Gasteiger partial charge in [-0.15, -0.1) is 0 Å². The first-order valence-corrected chi connectivity index (χ1v) is 6.27. The van der Waals surface area contributed by atoms with Crippen LogP contribution in [0.4, 0.5) is 11.4 Å². The molecule has 0 atom stereocenters. The predicted octanol–water partition coefficient (Wildman–Crippen LogP) is 3.52. The molecule has 0 saturated heterocycles. The van der Waals surface area contributed by atoms with Crippen molar-refractivity contribution in [2.75, 3.05) is 11.1 Å². The van der Waals surface area contributed by atoms with E-state index in [2.05, 4.69) is 27.3 Å². The lowest BCUT2D eigenvalue weighted by Crippen LogP contribution is -2.04. The second-order valence-electron chi connectivity index (χ2n) is 3.82. The number of nitrogens with zero attached hydrogens (tertiary/aromatic N) is 1. The minimum atomic E-state index is 0.493. The van der Waals surface area contributed by atoms with E-state index in [0.717, 1.165) is 15.7 Å². The van der Waals surface area contributed by atoms with Crippen LogP contribution in [0.5, 0.6) is 0 Å². The van der Waals surface area contributed by atoms with Crippen LogP contribution in [0.15, 0.2) is 46.9 Å². The third-order valence-electron chi connectivity index (χ3n) is 2.65. The molecule has 4 heteroatoms. The molecule has 3 nitrogen and oxygen atoms in total. The van der Waals surface area contributed by atoms with E-state index in [1.54, 1.807) is 6.07 Å². The van der Waals surface area contributed by atoms with Crippen molar-refractivity contribution in [1.29, 1.82) is 5.26 Å². The second kappa shape index (κ2) is 5.56. The van der Waals surface area contributed by atoms with Gasteiger partial charge < -0.3 is 11.1 Å². The van der Waals surface area contributed by atoms with Crippen molar-refractivity contribution in [3.63, 3.8) is 0 Å². The van der Waals surface area contributed by atoms with E-state index in [-0.39, 0.29) is 0 Å². The summed E-state index contributed by atoms with van der Waals surface area (Å²) in [4.78, 5) is 0. The molecule has 0 unspecified atom stereocenters. The molecular weight excluding hydrogens is 290 g/mol. The van der Waals surface area contributed by atoms with Crippen molar-refractivity contribution in [1.82, 2.24) is 0 Å². The zero-order chi connectivity index (χ0) is 13.0. The van der Waals surface area contributed by atoms with E-state index in [4.69, 9.17) is 11.0 Å². The molecule has 2 rings (SSSR count). The normalized spacial score (nSPS) is 9.78. The molecule has 0 aliphatic heterocycles. The highest BCUT2D eigenvalue weighted by molar-refractivity contribution is 9.10. The van der Waals surface area contributed by atoms with E-state index >= 15 is 0 Å². The Balaban J connectivity index is 2.17. The van der Waals surface area contributed by atoms with Crippen LogP contribution in [0.25, 0.3) is 0 Å². The molecule has 90 valence electrons. The minimum Gasteiger partial charge on any atom is -0.396 e. The summed E-state index contributed by atoms with van der Waals surface area (Å²) >= 11 is 3.49. The summed E-state index contributed by atoms with van der Waals surface area (Å²) in [5.41, 5.74) is 8.81. The Morgan fingerprint density at radius 3 is 2.67 bits per heavy atom. The Hall–Kier alpha value is -1.99. The number of benzene rings is 2. The van der Waals surface area contributed by atoms with Crippen molar-refractivity contribution in [3.8, 4) is 6.07 Å². The van der Waals surface area contributed by atoms with Gasteiger partial charge in [0.2, 0.25) is 0 Å². The van der Waals surface area contributed by atoms with Crippen LogP contribution in [0.2, 0.25) is 0 Å². The third-order valence-corrected chi connectivity index (χ3v) is 3.43. The standard InChI is InChI=1S/C14H12BrN3/c15-12-6-2-1-4-11(12)9-18-13-7-3-5-10(8-16)14(13)17/h1-7,18H,9,17H2. The molecule has 0 fully saturated rings. The SMILES string of the molecule is N#Cc1cccc(NCc2ccccc2Br)c1N. The lowest BCUT2D eigenvalue weighted by atomic mass is 10.1. The summed E-state index contributed by atoms with van der Waals surface area (Å²) < 4.78 is 1.05. The number of nitrogens with two attached hydrogens (primary N) is 1. The Bertz CT molecular complexity index is 602. The highest BCUT2D eigenvalue weighted by Gasteiger charge is 2.04. The van der Waals surface area contributed by atoms with Crippen LogP contribution in [0.3, 0.4) is 0 Å². The molecule has 0 radical (unpaired) electrons. The van der Waals surface area contributed by atoms with Gasteiger partial charge >= 0.3 is 0 Å². The van der Waals surface area contributed by atoms with Crippen LogP contribution in [-0.4, -0.2) is 0 Å². The average molecular weight is 302 g/mol. The quantitative estimate of drug-likeness (QED) is 0.853. The number of halogens is 1. The molecule has 2 aromatic rings. The van der Waals surface area contributed by atoms with Crippen molar-refractivity contribution < 1.29 is 0 Å². The predicted molar refractivity (Wildman–Crippen MR) is 77.0 cm³/mol. The summed E-state index contributed by atoms with van der Waals surface area (Å²) in [6.45, 7) is 0.653. The molecule has 0 aliphatic carbocycles. The summed E-state index contributed by atoms with van der Waals surface area (Å²) in [6, 6.07) is 15.4. The maximum absolute atomic E-state index is 8.91. The first kappa shape index (κ1) is 12.5. The van der Waals surface area contributed by atoms with Gasteiger partial charge in [-0.2, -0.15) is 5.26 Å². The summed E-state index contributed by atoms with van der Waals surface area (Å²) in [7, 11) is 0. The van der Waals surface area contributed by atoms with Gasteiger partial charge in [0.1, 0.15) is 6.07 Å². The molecule has 0 amide bonds. The summed E-state index contributed by atoms with van der Waals surface area (Å²) in [5, 5.41) is 12.1. The van der Waals surface area contributed by atoms with Gasteiger partial charge in [0.25, 0.3) is 0 Å². The molecule has 18 heavy (non-hydrogen) atoms. The number of nitriles is 1. The van der Waals surface area contributed by atoms with Gasteiger partial charge in [0.05, 0.1) is 16.9 Å². The zero-order valence-corrected chi connectivity index (χ0v) is 11.2. The topological polar surface area (TPSA) is 61.8 Å². The molecule has 0 saturated carbocycles. The highest BCUT2D eigenvalue weighted by atomic mass is 79.9. The van der Waals surface area contributed by atoms with E-state index in [1.165, 1.54) is 0 Å². The number of rotatable bonds is 3. The number of nitrogens with one attached hydrogen (secondary N) is 1. The maximum atomic E-state index is 8.91. The van der Waals surface area contributed by atoms with Crippen LogP contribution < -0.4 is 11.1 Å². The van der Waals surface area contributed by atoms with Gasteiger partial charge in [-0.1, -0.05) is 40.2 Å². The lowest BCUT2D eigenvalue weighted by molar-refractivity contribution is 1.14. The molecule has 0 spiro atoms. The monoisotopic (exact) mass is 301 g/mol. The van der Waals surface area contributed by atoms with Gasteiger partial charge in [0, 0.05) is 11.0 Å². The highest BCUT2D eigenvalue weighted by Crippen LogP contribution is 2.24. The molecular formula is C14H12BrN3. The summed E-state index contributed by atoms with van der Waals surface area (Å²) in [6.07, 6.45) is 0. The number of anilines is 2. The molecule has 2 aromatic carbocycles. The van der Waals surface area contributed by atoms with Gasteiger partial charge in [0.15, 0.2) is 0 Å². The van der Waals surface area contributed by atoms with Crippen LogP contribution in [-0.2, 0) is 6.54 Å². The van der Waals surface area contributed by atoms with Crippen LogP contribution in [0, 0.1) is 11.3 Å². The smallest absolute Gasteiger partial charge is 0.101 e. The first-order valence-electron chi connectivity index (χ1n) is 5.48. The Labute approximate surface area is 114 Å². The summed E-state index contributed by atoms with van der Waals surface area (Å²) in [5.74, 6) is 0. The number of para-hydroxylation sites is 1. The van der Waals surface area contributed by atoms with Crippen molar-refractivity contribution >= 4 is 27.3 Å². The molecule has 0 aliphatic rings. The molecule has 0 heterocycles. The van der Waals surface area contributed by atoms with Gasteiger partial charge in [-0.05, 0) is 23.8 Å². The molecule has 0 bridgehead atoms. The Kier molecular flexibility index (Phi) is 3.85. The average Bonchev–Trinajstić information content (AvgIpc) is 2.39. The molecule has 3 N–H and O–H groups in total. The minimum absolute atomic E-state index is 0.493. The third kappa shape index (κ3) is 2.63. The van der Waals surface area contributed by atoms with Crippen LogP contribution in [0.1, 0.15) is 11.1 Å². The Morgan fingerprint density at radius 2 is 1.94 bits per heavy atom. The number of hydrogen-bond acceptors (Lipinski definition) is 3. The van der Waals surface area contributed by atoms with Crippen molar-refractivity contribution in [2.45, 2.75) is 6.54 Å². The first-order chi connectivity index (χ1) is 8.72. The Morgan fingerprint density at radius 1 is 1.17 bits per heavy atom. The second-order valence-corrected chi connectivity index (χ2v) is 4.68. The fourth-order valence-electron chi connectivity index (χ4n) is 1.65. The van der Waals surface area contributed by atoms with Crippen molar-refractivity contribution in [3.05, 3.63) is 58.1 Å². The number of nitrogen functional groups attached to an aromatic ring is 1. The fourth-order valence-corrected chi connectivity index (χ4v) is 2.07. The van der Waals surface area contributed by atoms with E-state index < -0.39 is 0 Å².